The van der Waals surface area contributed by atoms with Crippen LogP contribution < -0.4 is 5.43 Å². The van der Waals surface area contributed by atoms with Crippen LogP contribution in [0.1, 0.15) is 16.7 Å². The van der Waals surface area contributed by atoms with Crippen LogP contribution in [0.15, 0.2) is 90.0 Å². The van der Waals surface area contributed by atoms with E-state index >= 15 is 0 Å². The number of anilines is 1. The van der Waals surface area contributed by atoms with Gasteiger partial charge in [-0.05, 0) is 30.7 Å². The maximum absolute atomic E-state index is 8.90. The Balaban J connectivity index is 1.65. The molecule has 0 aliphatic rings. The fourth-order valence-electron chi connectivity index (χ4n) is 2.93. The van der Waals surface area contributed by atoms with Gasteiger partial charge in [-0.25, -0.2) is 15.4 Å². The summed E-state index contributed by atoms with van der Waals surface area (Å²) in [4.78, 5) is 9.26. The van der Waals surface area contributed by atoms with E-state index in [-0.39, 0.29) is 0 Å². The molecule has 0 fully saturated rings. The lowest BCUT2D eigenvalue weighted by Gasteiger charge is -2.08. The van der Waals surface area contributed by atoms with Crippen molar-refractivity contribution in [2.24, 2.45) is 5.10 Å². The Bertz CT molecular complexity index is 1210. The van der Waals surface area contributed by atoms with Crippen molar-refractivity contribution >= 4 is 12.2 Å². The first-order valence-corrected chi connectivity index (χ1v) is 9.52. The second-order valence-corrected chi connectivity index (χ2v) is 6.80. The molecule has 30 heavy (non-hydrogen) atoms. The second-order valence-electron chi connectivity index (χ2n) is 6.80. The van der Waals surface area contributed by atoms with Crippen molar-refractivity contribution < 1.29 is 0 Å². The van der Waals surface area contributed by atoms with Gasteiger partial charge in [-0.1, -0.05) is 72.3 Å². The zero-order chi connectivity index (χ0) is 20.8. The number of hydrogen-bond acceptors (Lipinski definition) is 5. The summed E-state index contributed by atoms with van der Waals surface area (Å²) in [5.74, 6) is 0.414. The summed E-state index contributed by atoms with van der Waals surface area (Å²) in [6.07, 6.45) is 1.67. The topological polar surface area (TPSA) is 74.0 Å². The molecule has 1 heterocycles. The quantitative estimate of drug-likeness (QED) is 0.364. The van der Waals surface area contributed by atoms with Gasteiger partial charge in [-0.3, -0.25) is 0 Å². The maximum Gasteiger partial charge on any atom is 0.244 e. The highest BCUT2D eigenvalue weighted by atomic mass is 15.3. The normalized spacial score (nSPS) is 10.7. The van der Waals surface area contributed by atoms with Crippen LogP contribution in [0, 0.1) is 18.3 Å². The van der Waals surface area contributed by atoms with Crippen molar-refractivity contribution in [1.82, 2.24) is 9.97 Å². The Morgan fingerprint density at radius 2 is 1.47 bits per heavy atom. The molecule has 0 amide bonds. The summed E-state index contributed by atoms with van der Waals surface area (Å²) >= 11 is 0. The predicted octanol–water partition coefficient (Wildman–Crippen LogP) is 5.44. The number of benzene rings is 3. The summed E-state index contributed by atoms with van der Waals surface area (Å²) in [5.41, 5.74) is 9.28. The van der Waals surface area contributed by atoms with Gasteiger partial charge in [0.15, 0.2) is 0 Å². The lowest BCUT2D eigenvalue weighted by atomic mass is 10.1. The molecule has 5 heteroatoms. The van der Waals surface area contributed by atoms with Gasteiger partial charge >= 0.3 is 0 Å². The average Bonchev–Trinajstić information content (AvgIpc) is 2.80. The molecule has 3 aromatic carbocycles. The Morgan fingerprint density at radius 1 is 0.833 bits per heavy atom. The Hall–Kier alpha value is -4.30. The molecule has 0 saturated carbocycles. The number of nitrogens with zero attached hydrogens (tertiary/aromatic N) is 4. The lowest BCUT2D eigenvalue weighted by molar-refractivity contribution is 1.13. The van der Waals surface area contributed by atoms with Crippen LogP contribution in [-0.4, -0.2) is 16.2 Å². The van der Waals surface area contributed by atoms with E-state index in [1.807, 2.05) is 48.5 Å². The molecule has 4 rings (SSSR count). The molecule has 4 aromatic rings. The van der Waals surface area contributed by atoms with Crippen LogP contribution in [-0.2, 0) is 0 Å². The van der Waals surface area contributed by atoms with Crippen molar-refractivity contribution in [3.05, 3.63) is 102 Å². The number of aryl methyl sites for hydroxylation is 1. The Kier molecular flexibility index (Phi) is 5.59. The van der Waals surface area contributed by atoms with E-state index in [0.29, 0.717) is 11.5 Å². The maximum atomic E-state index is 8.90. The largest absolute Gasteiger partial charge is 0.245 e. The summed E-state index contributed by atoms with van der Waals surface area (Å²) < 4.78 is 0. The molecule has 0 saturated heterocycles. The summed E-state index contributed by atoms with van der Waals surface area (Å²) in [6.45, 7) is 2.06. The molecule has 0 bridgehead atoms. The number of hydrazone groups is 1. The van der Waals surface area contributed by atoms with E-state index < -0.39 is 0 Å². The van der Waals surface area contributed by atoms with Crippen molar-refractivity contribution in [3.8, 4) is 28.6 Å². The molecule has 1 N–H and O–H groups in total. The zero-order valence-corrected chi connectivity index (χ0v) is 16.4. The van der Waals surface area contributed by atoms with Crippen LogP contribution in [0.2, 0.25) is 0 Å². The standard InChI is InChI=1S/C25H19N5/c1-18-7-13-22(14-8-18)24-15-23(21-5-3-2-4-6-21)28-25(29-24)30-27-17-20-11-9-19(16-26)10-12-20/h2-15,17H,1H3,(H,28,29,30). The number of hydrogen-bond donors (Lipinski definition) is 1. The second kappa shape index (κ2) is 8.80. The van der Waals surface area contributed by atoms with Gasteiger partial charge in [0.2, 0.25) is 5.95 Å². The van der Waals surface area contributed by atoms with Crippen LogP contribution >= 0.6 is 0 Å². The predicted molar refractivity (Wildman–Crippen MR) is 120 cm³/mol. The third-order valence-corrected chi connectivity index (χ3v) is 4.56. The van der Waals surface area contributed by atoms with Gasteiger partial charge in [0.1, 0.15) is 0 Å². The minimum Gasteiger partial charge on any atom is -0.245 e. The molecule has 0 unspecified atom stereocenters. The number of rotatable bonds is 5. The smallest absolute Gasteiger partial charge is 0.244 e. The van der Waals surface area contributed by atoms with Gasteiger partial charge in [0.25, 0.3) is 0 Å². The van der Waals surface area contributed by atoms with Crippen molar-refractivity contribution in [2.45, 2.75) is 6.92 Å². The van der Waals surface area contributed by atoms with Crippen molar-refractivity contribution in [2.75, 3.05) is 5.43 Å². The fraction of sp³-hybridized carbons (Fsp3) is 0.0400. The van der Waals surface area contributed by atoms with E-state index in [0.717, 1.165) is 28.1 Å². The molecule has 1 aromatic heterocycles. The fourth-order valence-corrected chi connectivity index (χ4v) is 2.93. The number of aromatic nitrogens is 2. The van der Waals surface area contributed by atoms with Crippen molar-refractivity contribution in [1.29, 1.82) is 5.26 Å². The molecule has 0 spiro atoms. The number of nitrogens with one attached hydrogen (secondary N) is 1. The molecular formula is C25H19N5. The molecule has 0 aliphatic heterocycles. The van der Waals surface area contributed by atoms with Gasteiger partial charge in [-0.2, -0.15) is 10.4 Å². The van der Waals surface area contributed by atoms with Crippen LogP contribution in [0.3, 0.4) is 0 Å². The summed E-state index contributed by atoms with van der Waals surface area (Å²) in [7, 11) is 0. The van der Waals surface area contributed by atoms with E-state index in [1.165, 1.54) is 5.56 Å². The van der Waals surface area contributed by atoms with Gasteiger partial charge in [0, 0.05) is 11.1 Å². The van der Waals surface area contributed by atoms with E-state index in [9.17, 15) is 0 Å². The van der Waals surface area contributed by atoms with E-state index in [2.05, 4.69) is 57.8 Å². The summed E-state index contributed by atoms with van der Waals surface area (Å²) in [6, 6.07) is 29.5. The Labute approximate surface area is 175 Å². The minimum absolute atomic E-state index is 0.414. The average molecular weight is 389 g/mol. The zero-order valence-electron chi connectivity index (χ0n) is 16.4. The van der Waals surface area contributed by atoms with Crippen molar-refractivity contribution in [3.63, 3.8) is 0 Å². The molecule has 0 atom stereocenters. The molecule has 0 aliphatic carbocycles. The molecular weight excluding hydrogens is 370 g/mol. The highest BCUT2D eigenvalue weighted by molar-refractivity contribution is 5.80. The first-order chi connectivity index (χ1) is 14.7. The summed E-state index contributed by atoms with van der Waals surface area (Å²) in [5, 5.41) is 13.2. The van der Waals surface area contributed by atoms with Crippen LogP contribution in [0.4, 0.5) is 5.95 Å². The van der Waals surface area contributed by atoms with E-state index in [1.54, 1.807) is 18.3 Å². The van der Waals surface area contributed by atoms with Crippen LogP contribution in [0.25, 0.3) is 22.5 Å². The minimum atomic E-state index is 0.414. The molecule has 5 nitrogen and oxygen atoms in total. The number of nitriles is 1. The first kappa shape index (κ1) is 19.0. The highest BCUT2D eigenvalue weighted by Crippen LogP contribution is 2.25. The highest BCUT2D eigenvalue weighted by Gasteiger charge is 2.08. The van der Waals surface area contributed by atoms with E-state index in [4.69, 9.17) is 5.26 Å². The van der Waals surface area contributed by atoms with Gasteiger partial charge < -0.3 is 0 Å². The Morgan fingerprint density at radius 3 is 2.10 bits per heavy atom. The van der Waals surface area contributed by atoms with Crippen LogP contribution in [0.5, 0.6) is 0 Å². The third-order valence-electron chi connectivity index (χ3n) is 4.56. The SMILES string of the molecule is Cc1ccc(-c2cc(-c3ccccc3)nc(NN=Cc3ccc(C#N)cc3)n2)cc1. The molecule has 144 valence electrons. The third kappa shape index (κ3) is 4.57. The van der Waals surface area contributed by atoms with Gasteiger partial charge in [-0.15, -0.1) is 0 Å². The monoisotopic (exact) mass is 389 g/mol. The lowest BCUT2D eigenvalue weighted by Crippen LogP contribution is -2.00. The molecule has 0 radical (unpaired) electrons. The first-order valence-electron chi connectivity index (χ1n) is 9.52. The van der Waals surface area contributed by atoms with Gasteiger partial charge in [0.05, 0.1) is 29.2 Å².